The van der Waals surface area contributed by atoms with Crippen molar-refractivity contribution in [2.75, 3.05) is 7.11 Å². The molecule has 0 aliphatic heterocycles. The highest BCUT2D eigenvalue weighted by Crippen LogP contribution is 2.23. The molecule has 33 heavy (non-hydrogen) atoms. The predicted octanol–water partition coefficient (Wildman–Crippen LogP) is 6.40. The van der Waals surface area contributed by atoms with Crippen molar-refractivity contribution in [3.63, 3.8) is 0 Å². The summed E-state index contributed by atoms with van der Waals surface area (Å²) < 4.78 is 10.9. The smallest absolute Gasteiger partial charge is 0.193 e. The Labute approximate surface area is 193 Å². The number of carbonyl (C=O) groups excluding carboxylic acids is 2. The van der Waals surface area contributed by atoms with Crippen LogP contribution >= 0.6 is 0 Å². The maximum atomic E-state index is 12.9. The van der Waals surface area contributed by atoms with Crippen LogP contribution in [0.1, 0.15) is 43.0 Å². The van der Waals surface area contributed by atoms with E-state index in [4.69, 9.17) is 9.47 Å². The third-order valence-corrected chi connectivity index (χ3v) is 5.31. The first kappa shape index (κ1) is 22.2. The number of benzene rings is 4. The summed E-state index contributed by atoms with van der Waals surface area (Å²) in [5.41, 5.74) is 4.38. The van der Waals surface area contributed by atoms with Gasteiger partial charge in [-0.2, -0.15) is 0 Å². The van der Waals surface area contributed by atoms with Crippen molar-refractivity contribution in [2.24, 2.45) is 0 Å². The highest BCUT2D eigenvalue weighted by Gasteiger charge is 2.13. The molecular weight excluding hydrogens is 412 g/mol. The average molecular weight is 437 g/mol. The van der Waals surface area contributed by atoms with Gasteiger partial charge in [0, 0.05) is 29.4 Å². The summed E-state index contributed by atoms with van der Waals surface area (Å²) in [5.74, 6) is 1.21. The van der Waals surface area contributed by atoms with Gasteiger partial charge in [-0.25, -0.2) is 0 Å². The Hall–Kier alpha value is -4.02. The topological polar surface area (TPSA) is 52.6 Å². The van der Waals surface area contributed by atoms with Crippen molar-refractivity contribution in [1.29, 1.82) is 0 Å². The van der Waals surface area contributed by atoms with E-state index in [0.29, 0.717) is 34.6 Å². The summed E-state index contributed by atoms with van der Waals surface area (Å²) >= 11 is 0. The average Bonchev–Trinajstić information content (AvgIpc) is 2.86. The highest BCUT2D eigenvalue weighted by atomic mass is 16.5. The van der Waals surface area contributed by atoms with Gasteiger partial charge in [0.05, 0.1) is 6.61 Å². The highest BCUT2D eigenvalue weighted by molar-refractivity contribution is 6.11. The first-order chi connectivity index (χ1) is 16.0. The van der Waals surface area contributed by atoms with Crippen LogP contribution in [-0.2, 0) is 11.3 Å². The Morgan fingerprint density at radius 3 is 1.36 bits per heavy atom. The SMILES string of the molecule is COCc1ccc(C(=O)c2ccc(C(=O)c3ccc(Oc4ccc(C)cc4)cc3)cc2)cc1. The second kappa shape index (κ2) is 10.1. The van der Waals surface area contributed by atoms with Crippen LogP contribution in [0.5, 0.6) is 11.5 Å². The van der Waals surface area contributed by atoms with Crippen LogP contribution < -0.4 is 4.74 Å². The minimum atomic E-state index is -0.111. The van der Waals surface area contributed by atoms with Crippen LogP contribution in [0.2, 0.25) is 0 Å². The van der Waals surface area contributed by atoms with E-state index >= 15 is 0 Å². The number of ketones is 2. The minimum absolute atomic E-state index is 0.0874. The van der Waals surface area contributed by atoms with Crippen molar-refractivity contribution in [3.05, 3.63) is 130 Å². The number of hydrogen-bond donors (Lipinski definition) is 0. The Kier molecular flexibility index (Phi) is 6.77. The molecule has 4 aromatic carbocycles. The normalized spacial score (nSPS) is 10.6. The fourth-order valence-corrected chi connectivity index (χ4v) is 3.44. The van der Waals surface area contributed by atoms with Gasteiger partial charge in [-0.15, -0.1) is 0 Å². The molecule has 4 heteroatoms. The molecule has 0 fully saturated rings. The predicted molar refractivity (Wildman–Crippen MR) is 128 cm³/mol. The van der Waals surface area contributed by atoms with Crippen LogP contribution in [0.15, 0.2) is 97.1 Å². The Balaban J connectivity index is 1.43. The fraction of sp³-hybridized carbons (Fsp3) is 0.103. The van der Waals surface area contributed by atoms with E-state index in [-0.39, 0.29) is 11.6 Å². The molecule has 4 aromatic rings. The van der Waals surface area contributed by atoms with E-state index in [9.17, 15) is 9.59 Å². The van der Waals surface area contributed by atoms with Crippen LogP contribution in [0.4, 0.5) is 0 Å². The Morgan fingerprint density at radius 1 is 0.576 bits per heavy atom. The van der Waals surface area contributed by atoms with Crippen LogP contribution in [-0.4, -0.2) is 18.7 Å². The van der Waals surface area contributed by atoms with E-state index in [2.05, 4.69) is 0 Å². The summed E-state index contributed by atoms with van der Waals surface area (Å²) in [5, 5.41) is 0. The fourth-order valence-electron chi connectivity index (χ4n) is 3.44. The Morgan fingerprint density at radius 2 is 0.939 bits per heavy atom. The zero-order chi connectivity index (χ0) is 23.2. The van der Waals surface area contributed by atoms with Crippen LogP contribution in [0.3, 0.4) is 0 Å². The first-order valence-corrected chi connectivity index (χ1v) is 10.7. The molecule has 4 rings (SSSR count). The van der Waals surface area contributed by atoms with Crippen LogP contribution in [0.25, 0.3) is 0 Å². The van der Waals surface area contributed by atoms with Gasteiger partial charge in [-0.1, -0.05) is 66.2 Å². The standard InChI is InChI=1S/C29H24O4/c1-20-3-15-26(16-4-20)33-27-17-13-25(14-18-27)29(31)24-11-9-23(10-12-24)28(30)22-7-5-21(6-8-22)19-32-2/h3-18H,19H2,1-2H3. The molecule has 0 amide bonds. The molecule has 0 spiro atoms. The maximum absolute atomic E-state index is 12.9. The second-order valence-corrected chi connectivity index (χ2v) is 7.81. The summed E-state index contributed by atoms with van der Waals surface area (Å²) in [6, 6.07) is 28.9. The quantitative estimate of drug-likeness (QED) is 0.300. The molecule has 0 saturated heterocycles. The first-order valence-electron chi connectivity index (χ1n) is 10.7. The third kappa shape index (κ3) is 5.43. The number of rotatable bonds is 8. The summed E-state index contributed by atoms with van der Waals surface area (Å²) in [4.78, 5) is 25.6. The molecule has 0 aliphatic rings. The summed E-state index contributed by atoms with van der Waals surface area (Å²) in [6.07, 6.45) is 0. The van der Waals surface area contributed by atoms with Crippen molar-refractivity contribution in [3.8, 4) is 11.5 Å². The number of hydrogen-bond acceptors (Lipinski definition) is 4. The van der Waals surface area contributed by atoms with Crippen molar-refractivity contribution in [1.82, 2.24) is 0 Å². The molecule has 0 atom stereocenters. The maximum Gasteiger partial charge on any atom is 0.193 e. The van der Waals surface area contributed by atoms with Gasteiger partial charge < -0.3 is 9.47 Å². The van der Waals surface area contributed by atoms with Gasteiger partial charge in [0.15, 0.2) is 11.6 Å². The molecule has 0 aromatic heterocycles. The van der Waals surface area contributed by atoms with Gasteiger partial charge in [0.25, 0.3) is 0 Å². The minimum Gasteiger partial charge on any atom is -0.457 e. The molecular formula is C29H24O4. The van der Waals surface area contributed by atoms with E-state index in [1.54, 1.807) is 67.8 Å². The van der Waals surface area contributed by atoms with E-state index in [1.807, 2.05) is 43.3 Å². The largest absolute Gasteiger partial charge is 0.457 e. The lowest BCUT2D eigenvalue weighted by Crippen LogP contribution is -2.04. The molecule has 164 valence electrons. The van der Waals surface area contributed by atoms with Crippen molar-refractivity contribution < 1.29 is 19.1 Å². The lowest BCUT2D eigenvalue weighted by atomic mass is 9.98. The van der Waals surface area contributed by atoms with Gasteiger partial charge in [-0.3, -0.25) is 9.59 Å². The van der Waals surface area contributed by atoms with Gasteiger partial charge in [0.2, 0.25) is 0 Å². The number of ether oxygens (including phenoxy) is 2. The summed E-state index contributed by atoms with van der Waals surface area (Å²) in [6.45, 7) is 2.53. The van der Waals surface area contributed by atoms with Gasteiger partial charge in [0.1, 0.15) is 11.5 Å². The molecule has 0 radical (unpaired) electrons. The third-order valence-electron chi connectivity index (χ3n) is 5.31. The van der Waals surface area contributed by atoms with Crippen molar-refractivity contribution >= 4 is 11.6 Å². The molecule has 0 heterocycles. The lowest BCUT2D eigenvalue weighted by Gasteiger charge is -2.08. The number of aryl methyl sites for hydroxylation is 1. The molecule has 0 saturated carbocycles. The molecule has 0 N–H and O–H groups in total. The van der Waals surface area contributed by atoms with E-state index in [0.717, 1.165) is 16.9 Å². The summed E-state index contributed by atoms with van der Waals surface area (Å²) in [7, 11) is 1.63. The Bertz CT molecular complexity index is 1240. The molecule has 0 bridgehead atoms. The lowest BCUT2D eigenvalue weighted by molar-refractivity contribution is 0.102. The zero-order valence-electron chi connectivity index (χ0n) is 18.6. The molecule has 0 aliphatic carbocycles. The molecule has 4 nitrogen and oxygen atoms in total. The van der Waals surface area contributed by atoms with E-state index in [1.165, 1.54) is 0 Å². The van der Waals surface area contributed by atoms with Crippen LogP contribution in [0, 0.1) is 6.92 Å². The second-order valence-electron chi connectivity index (χ2n) is 7.81. The van der Waals surface area contributed by atoms with Gasteiger partial charge in [-0.05, 0) is 48.9 Å². The monoisotopic (exact) mass is 436 g/mol. The zero-order valence-corrected chi connectivity index (χ0v) is 18.6. The van der Waals surface area contributed by atoms with Crippen molar-refractivity contribution in [2.45, 2.75) is 13.5 Å². The van der Waals surface area contributed by atoms with E-state index < -0.39 is 0 Å². The molecule has 0 unspecified atom stereocenters. The van der Waals surface area contributed by atoms with Gasteiger partial charge >= 0.3 is 0 Å². The number of carbonyl (C=O) groups is 2. The number of methoxy groups -OCH3 is 1.